The van der Waals surface area contributed by atoms with E-state index >= 15 is 0 Å². The molecule has 11 heteroatoms. The number of carbonyl (C=O) groups excluding carboxylic acids is 1. The third-order valence-corrected chi connectivity index (χ3v) is 7.30. The van der Waals surface area contributed by atoms with E-state index in [0.29, 0.717) is 47.3 Å². The number of aryl methyl sites for hydroxylation is 1. The molecule has 2 N–H and O–H groups in total. The van der Waals surface area contributed by atoms with Gasteiger partial charge in [-0.3, -0.25) is 4.79 Å². The number of anilines is 2. The molecule has 0 radical (unpaired) electrons. The Kier molecular flexibility index (Phi) is 7.15. The maximum absolute atomic E-state index is 12.8. The third kappa shape index (κ3) is 5.95. The molecule has 6 nitrogen and oxygen atoms in total. The molecule has 1 aromatic carbocycles. The van der Waals surface area contributed by atoms with Gasteiger partial charge in [-0.05, 0) is 65.6 Å². The molecule has 5 rings (SSSR count). The quantitative estimate of drug-likeness (QED) is 0.205. The highest BCUT2D eigenvalue weighted by molar-refractivity contribution is 7.17. The summed E-state index contributed by atoms with van der Waals surface area (Å²) >= 11 is 2.87. The summed E-state index contributed by atoms with van der Waals surface area (Å²) in [7, 11) is 0. The number of hydrogen-bond acceptors (Lipinski definition) is 7. The van der Waals surface area contributed by atoms with Crippen LogP contribution in [0.2, 0.25) is 0 Å². The molecule has 0 spiro atoms. The van der Waals surface area contributed by atoms with Gasteiger partial charge in [-0.1, -0.05) is 18.2 Å². The summed E-state index contributed by atoms with van der Waals surface area (Å²) < 4.78 is 39.2. The number of rotatable bonds is 8. The van der Waals surface area contributed by atoms with Crippen molar-refractivity contribution < 1.29 is 18.0 Å². The molecule has 4 heterocycles. The first kappa shape index (κ1) is 24.8. The molecule has 0 aliphatic carbocycles. The van der Waals surface area contributed by atoms with Gasteiger partial charge < -0.3 is 10.6 Å². The first-order valence-electron chi connectivity index (χ1n) is 11.3. The number of nitrogens with zero attached hydrogens (tertiary/aromatic N) is 3. The molecule has 0 bridgehead atoms. The van der Waals surface area contributed by atoms with Crippen molar-refractivity contribution in [3.05, 3.63) is 87.6 Å². The largest absolute Gasteiger partial charge is 0.416 e. The van der Waals surface area contributed by atoms with E-state index in [0.717, 1.165) is 27.9 Å². The molecule has 188 valence electrons. The van der Waals surface area contributed by atoms with Crippen molar-refractivity contribution in [1.29, 1.82) is 0 Å². The van der Waals surface area contributed by atoms with Gasteiger partial charge in [-0.25, -0.2) is 15.0 Å². The maximum atomic E-state index is 12.8. The van der Waals surface area contributed by atoms with Crippen molar-refractivity contribution in [3.63, 3.8) is 0 Å². The van der Waals surface area contributed by atoms with Crippen LogP contribution in [0, 0.1) is 0 Å². The van der Waals surface area contributed by atoms with Crippen LogP contribution in [0.3, 0.4) is 0 Å². The SMILES string of the molecule is O=C(Nc1cc(-c2nc(NCCCc3ccc(C(F)(F)F)cc3)c3sccc3n2)ccn1)c1cccs1. The minimum absolute atomic E-state index is 0.232. The van der Waals surface area contributed by atoms with Crippen LogP contribution in [0.15, 0.2) is 71.6 Å². The highest BCUT2D eigenvalue weighted by atomic mass is 32.1. The van der Waals surface area contributed by atoms with Crippen molar-refractivity contribution >= 4 is 50.4 Å². The van der Waals surface area contributed by atoms with Crippen molar-refractivity contribution in [2.45, 2.75) is 19.0 Å². The minimum atomic E-state index is -4.33. The normalized spacial score (nSPS) is 11.5. The number of benzene rings is 1. The Balaban J connectivity index is 1.28. The standard InChI is InChI=1S/C26H20F3N5OS2/c27-26(28,29)18-7-5-16(6-8-18)3-1-11-31-24-22-19(10-14-37-22)32-23(34-24)17-9-12-30-21(15-17)33-25(35)20-4-2-13-36-20/h2,4-10,12-15H,1,3,11H2,(H,30,33,35)(H,31,32,34). The number of nitrogens with one attached hydrogen (secondary N) is 2. The van der Waals surface area contributed by atoms with Crippen LogP contribution in [-0.4, -0.2) is 27.4 Å². The van der Waals surface area contributed by atoms with Crippen LogP contribution >= 0.6 is 22.7 Å². The highest BCUT2D eigenvalue weighted by Crippen LogP contribution is 2.31. The molecule has 1 amide bonds. The van der Waals surface area contributed by atoms with E-state index in [1.165, 1.54) is 34.8 Å². The number of carbonyl (C=O) groups is 1. The summed E-state index contributed by atoms with van der Waals surface area (Å²) in [6, 6.07) is 14.2. The highest BCUT2D eigenvalue weighted by Gasteiger charge is 2.29. The van der Waals surface area contributed by atoms with Gasteiger partial charge in [0.2, 0.25) is 0 Å². The second-order valence-corrected chi connectivity index (χ2v) is 9.98. The lowest BCUT2D eigenvalue weighted by atomic mass is 10.1. The van der Waals surface area contributed by atoms with Gasteiger partial charge in [0.25, 0.3) is 5.91 Å². The predicted octanol–water partition coefficient (Wildman–Crippen LogP) is 7.13. The summed E-state index contributed by atoms with van der Waals surface area (Å²) in [6.45, 7) is 0.586. The Labute approximate surface area is 218 Å². The van der Waals surface area contributed by atoms with Crippen LogP contribution in [-0.2, 0) is 12.6 Å². The Hall–Kier alpha value is -3.83. The molecule has 0 aliphatic rings. The first-order valence-corrected chi connectivity index (χ1v) is 13.1. The lowest BCUT2D eigenvalue weighted by Crippen LogP contribution is -2.11. The van der Waals surface area contributed by atoms with Gasteiger partial charge in [0.15, 0.2) is 5.82 Å². The number of aromatic nitrogens is 3. The molecule has 0 fully saturated rings. The molecular formula is C26H20F3N5OS2. The second-order valence-electron chi connectivity index (χ2n) is 8.12. The minimum Gasteiger partial charge on any atom is -0.369 e. The van der Waals surface area contributed by atoms with Crippen LogP contribution in [0.1, 0.15) is 27.2 Å². The Morgan fingerprint density at radius 3 is 2.57 bits per heavy atom. The van der Waals surface area contributed by atoms with Crippen molar-refractivity contribution in [2.24, 2.45) is 0 Å². The molecule has 0 saturated carbocycles. The molecule has 0 unspecified atom stereocenters. The zero-order valence-electron chi connectivity index (χ0n) is 19.2. The van der Waals surface area contributed by atoms with Crippen molar-refractivity contribution in [1.82, 2.24) is 15.0 Å². The van der Waals surface area contributed by atoms with E-state index in [1.807, 2.05) is 22.9 Å². The molecule has 4 aromatic heterocycles. The summed E-state index contributed by atoms with van der Waals surface area (Å²) in [6.07, 6.45) is -1.39. The van der Waals surface area contributed by atoms with Crippen LogP contribution in [0.4, 0.5) is 24.8 Å². The predicted molar refractivity (Wildman–Crippen MR) is 141 cm³/mol. The summed E-state index contributed by atoms with van der Waals surface area (Å²) in [5.41, 5.74) is 1.69. The van der Waals surface area contributed by atoms with Crippen molar-refractivity contribution in [2.75, 3.05) is 17.2 Å². The van der Waals surface area contributed by atoms with E-state index in [1.54, 1.807) is 24.4 Å². The lowest BCUT2D eigenvalue weighted by Gasteiger charge is -2.10. The monoisotopic (exact) mass is 539 g/mol. The van der Waals surface area contributed by atoms with Crippen LogP contribution < -0.4 is 10.6 Å². The van der Waals surface area contributed by atoms with Crippen molar-refractivity contribution in [3.8, 4) is 11.4 Å². The van der Waals surface area contributed by atoms with E-state index in [2.05, 4.69) is 20.6 Å². The average molecular weight is 540 g/mol. The van der Waals surface area contributed by atoms with Crippen LogP contribution in [0.25, 0.3) is 21.6 Å². The average Bonchev–Trinajstić information content (AvgIpc) is 3.59. The first-order chi connectivity index (χ1) is 17.9. The number of halogens is 3. The van der Waals surface area contributed by atoms with Gasteiger partial charge in [0.1, 0.15) is 11.6 Å². The number of fused-ring (bicyclic) bond motifs is 1. The van der Waals surface area contributed by atoms with Crippen LogP contribution in [0.5, 0.6) is 0 Å². The number of alkyl halides is 3. The Bertz CT molecular complexity index is 1520. The van der Waals surface area contributed by atoms with Gasteiger partial charge in [0, 0.05) is 18.3 Å². The lowest BCUT2D eigenvalue weighted by molar-refractivity contribution is -0.137. The fourth-order valence-corrected chi connectivity index (χ4v) is 5.11. The Morgan fingerprint density at radius 2 is 1.81 bits per heavy atom. The van der Waals surface area contributed by atoms with E-state index in [9.17, 15) is 18.0 Å². The number of hydrogen-bond donors (Lipinski definition) is 2. The van der Waals surface area contributed by atoms with Gasteiger partial charge in [-0.15, -0.1) is 22.7 Å². The summed E-state index contributed by atoms with van der Waals surface area (Å²) in [5.74, 6) is 1.34. The van der Waals surface area contributed by atoms with E-state index in [4.69, 9.17) is 4.98 Å². The maximum Gasteiger partial charge on any atom is 0.416 e. The molecule has 5 aromatic rings. The molecule has 0 atom stereocenters. The number of pyridine rings is 1. The fourth-order valence-electron chi connectivity index (χ4n) is 3.70. The number of thiophene rings is 2. The van der Waals surface area contributed by atoms with E-state index < -0.39 is 11.7 Å². The van der Waals surface area contributed by atoms with Gasteiger partial charge in [-0.2, -0.15) is 13.2 Å². The second kappa shape index (κ2) is 10.7. The van der Waals surface area contributed by atoms with Gasteiger partial charge >= 0.3 is 6.18 Å². The zero-order valence-corrected chi connectivity index (χ0v) is 20.9. The molecule has 0 aliphatic heterocycles. The molecule has 0 saturated heterocycles. The van der Waals surface area contributed by atoms with Gasteiger partial charge in [0.05, 0.1) is 20.7 Å². The number of amides is 1. The third-order valence-electron chi connectivity index (χ3n) is 5.52. The fraction of sp³-hybridized carbons (Fsp3) is 0.154. The smallest absolute Gasteiger partial charge is 0.369 e. The summed E-state index contributed by atoms with van der Waals surface area (Å²) in [4.78, 5) is 26.6. The Morgan fingerprint density at radius 1 is 0.973 bits per heavy atom. The topological polar surface area (TPSA) is 79.8 Å². The van der Waals surface area contributed by atoms with E-state index in [-0.39, 0.29) is 5.91 Å². The summed E-state index contributed by atoms with van der Waals surface area (Å²) in [5, 5.41) is 9.92. The zero-order chi connectivity index (χ0) is 25.8. The molecular weight excluding hydrogens is 519 g/mol. The molecule has 37 heavy (non-hydrogen) atoms.